The molecule has 24 heteroatoms. The quantitative estimate of drug-likeness (QED) is 0.100. The third kappa shape index (κ3) is 12.9. The van der Waals surface area contributed by atoms with Crippen LogP contribution < -0.4 is 4.74 Å². The van der Waals surface area contributed by atoms with Gasteiger partial charge in [0.2, 0.25) is 6.29 Å². The van der Waals surface area contributed by atoms with Crippen molar-refractivity contribution in [2.24, 2.45) is 5.92 Å². The Kier molecular flexibility index (Phi) is 20.1. The van der Waals surface area contributed by atoms with Gasteiger partial charge in [-0.15, -0.1) is 0 Å². The highest BCUT2D eigenvalue weighted by atomic mass is 16.7. The van der Waals surface area contributed by atoms with Gasteiger partial charge in [-0.2, -0.15) is 0 Å². The Labute approximate surface area is 458 Å². The van der Waals surface area contributed by atoms with Crippen molar-refractivity contribution in [3.05, 3.63) is 28.8 Å². The first-order chi connectivity index (χ1) is 37.3. The van der Waals surface area contributed by atoms with Gasteiger partial charge in [0.15, 0.2) is 36.7 Å². The molecule has 5 saturated heterocycles. The van der Waals surface area contributed by atoms with E-state index < -0.39 is 171 Å². The number of Topliss-reactive ketones (excluding diaryl/α,β-unsaturated/α-hetero) is 2. The first-order valence-corrected chi connectivity index (χ1v) is 27.5. The normalized spacial score (nSPS) is 40.8. The Morgan fingerprint density at radius 2 is 1.13 bits per heavy atom. The van der Waals surface area contributed by atoms with E-state index >= 15 is 4.79 Å². The molecule has 1 aliphatic carbocycles. The lowest BCUT2D eigenvalue weighted by Gasteiger charge is -2.46. The van der Waals surface area contributed by atoms with Gasteiger partial charge in [-0.05, 0) is 83.4 Å². The van der Waals surface area contributed by atoms with Crippen molar-refractivity contribution >= 4 is 22.3 Å². The number of hydrogen-bond acceptors (Lipinski definition) is 24. The third-order valence-corrected chi connectivity index (χ3v) is 16.7. The third-order valence-electron chi connectivity index (χ3n) is 16.7. The van der Waals surface area contributed by atoms with Gasteiger partial charge in [-0.1, -0.05) is 13.8 Å². The van der Waals surface area contributed by atoms with Crippen LogP contribution in [0.3, 0.4) is 0 Å². The molecule has 8 rings (SSSR count). The van der Waals surface area contributed by atoms with Crippen molar-refractivity contribution in [3.8, 4) is 17.2 Å². The molecule has 0 aromatic heterocycles. The summed E-state index contributed by atoms with van der Waals surface area (Å²) in [6, 6.07) is 3.12. The molecule has 0 unspecified atom stereocenters. The SMILES string of the molecule is CC[C@H](C)c1c(O[C@H]2C[C@@H](O)[C@H](O)[C@@H](C)O2)cc2cc3c(c(O)c2c1O)C(=O)[C@H](O[C@H]1C[C@@H](O[C@H]2C[C@@H](O[C@H]4C[C@@H](O[C@H]5C[C@@H](O)[C@H](O)[C@@H](C)O5)[C@H](OC)[C@@H](C)O4)[C@@H](O)[C@@H](C)O2)[C@H](O)[C@@H](C)O1)[C@H]([C@H](OC)C(=O)[C@H](O)[C@H](C)O)C3. The van der Waals surface area contributed by atoms with Crippen LogP contribution in [0.25, 0.3) is 10.8 Å². The molecule has 79 heavy (non-hydrogen) atoms. The largest absolute Gasteiger partial charge is 0.507 e. The molecule has 5 fully saturated rings. The van der Waals surface area contributed by atoms with E-state index in [1.165, 1.54) is 21.1 Å². The highest BCUT2D eigenvalue weighted by Gasteiger charge is 2.51. The molecule has 6 aliphatic rings. The van der Waals surface area contributed by atoms with Crippen molar-refractivity contribution in [3.63, 3.8) is 0 Å². The van der Waals surface area contributed by atoms with E-state index in [-0.39, 0.29) is 83.4 Å². The van der Waals surface area contributed by atoms with Crippen LogP contribution in [0, 0.1) is 5.92 Å². The van der Waals surface area contributed by atoms with Gasteiger partial charge in [-0.3, -0.25) is 9.59 Å². The molecule has 26 atom stereocenters. The Hall–Kier alpha value is -3.32. The fourth-order valence-corrected chi connectivity index (χ4v) is 12.0. The van der Waals surface area contributed by atoms with E-state index in [4.69, 9.17) is 56.8 Å². The minimum Gasteiger partial charge on any atom is -0.507 e. The lowest BCUT2D eigenvalue weighted by molar-refractivity contribution is -0.339. The molecule has 2 aromatic carbocycles. The molecule has 24 nitrogen and oxygen atoms in total. The Morgan fingerprint density at radius 1 is 0.646 bits per heavy atom. The summed E-state index contributed by atoms with van der Waals surface area (Å²) in [5.74, 6) is -4.22. The summed E-state index contributed by atoms with van der Waals surface area (Å²) in [4.78, 5) is 29.1. The molecule has 5 aliphatic heterocycles. The van der Waals surface area contributed by atoms with Crippen LogP contribution in [0.5, 0.6) is 17.2 Å². The zero-order valence-electron chi connectivity index (χ0n) is 46.3. The van der Waals surface area contributed by atoms with E-state index in [1.807, 2.05) is 13.8 Å². The number of methoxy groups -OCH3 is 2. The lowest BCUT2D eigenvalue weighted by Crippen LogP contribution is -2.57. The maximum Gasteiger partial charge on any atom is 0.202 e. The summed E-state index contributed by atoms with van der Waals surface area (Å²) in [5, 5.41) is 110. The number of ketones is 2. The summed E-state index contributed by atoms with van der Waals surface area (Å²) in [5.41, 5.74) is 0.261. The summed E-state index contributed by atoms with van der Waals surface area (Å²) in [6.07, 6.45) is -25.9. The van der Waals surface area contributed by atoms with Crippen molar-refractivity contribution in [1.29, 1.82) is 0 Å². The predicted molar refractivity (Wildman–Crippen MR) is 273 cm³/mol. The number of phenols is 2. The number of phenolic OH excluding ortho intramolecular Hbond substituents is 2. The summed E-state index contributed by atoms with van der Waals surface area (Å²) in [6.45, 7) is 13.1. The second kappa shape index (κ2) is 25.7. The van der Waals surface area contributed by atoms with Gasteiger partial charge in [0.1, 0.15) is 66.1 Å². The molecule has 2 aromatic rings. The van der Waals surface area contributed by atoms with E-state index in [9.17, 15) is 55.9 Å². The maximum absolute atomic E-state index is 15.2. The number of ether oxygens (including phenoxy) is 12. The van der Waals surface area contributed by atoms with Crippen LogP contribution in [0.1, 0.15) is 121 Å². The van der Waals surface area contributed by atoms with Crippen molar-refractivity contribution in [2.75, 3.05) is 14.2 Å². The van der Waals surface area contributed by atoms with Crippen LogP contribution >= 0.6 is 0 Å². The molecule has 446 valence electrons. The number of hydrogen-bond donors (Lipinski definition) is 10. The van der Waals surface area contributed by atoms with Crippen LogP contribution in [0.4, 0.5) is 0 Å². The summed E-state index contributed by atoms with van der Waals surface area (Å²) >= 11 is 0. The molecular weight excluding hydrogens is 1040 g/mol. The van der Waals surface area contributed by atoms with Crippen molar-refractivity contribution in [1.82, 2.24) is 0 Å². The number of fused-ring (bicyclic) bond motifs is 2. The summed E-state index contributed by atoms with van der Waals surface area (Å²) < 4.78 is 73.5. The van der Waals surface area contributed by atoms with Gasteiger partial charge in [0.25, 0.3) is 0 Å². The van der Waals surface area contributed by atoms with Gasteiger partial charge in [0.05, 0.1) is 78.1 Å². The monoisotopic (exact) mass is 1130 g/mol. The average Bonchev–Trinajstić information content (AvgIpc) is 3.48. The number of carbonyl (C=O) groups is 2. The second-order valence-corrected chi connectivity index (χ2v) is 22.3. The Bertz CT molecular complexity index is 2380. The molecule has 0 saturated carbocycles. The van der Waals surface area contributed by atoms with Crippen molar-refractivity contribution < 1.29 is 117 Å². The summed E-state index contributed by atoms with van der Waals surface area (Å²) in [7, 11) is 2.71. The predicted octanol–water partition coefficient (Wildman–Crippen LogP) is 1.22. The van der Waals surface area contributed by atoms with E-state index in [0.717, 1.165) is 0 Å². The van der Waals surface area contributed by atoms with Crippen LogP contribution in [-0.4, -0.2) is 224 Å². The minimum atomic E-state index is -1.94. The van der Waals surface area contributed by atoms with Gasteiger partial charge in [0, 0.05) is 57.8 Å². The second-order valence-electron chi connectivity index (χ2n) is 22.3. The van der Waals surface area contributed by atoms with Crippen LogP contribution in [-0.2, 0) is 63.3 Å². The zero-order chi connectivity index (χ0) is 57.6. The lowest BCUT2D eigenvalue weighted by atomic mass is 9.74. The number of aromatic hydroxyl groups is 2. The number of aliphatic hydroxyl groups excluding tert-OH is 8. The van der Waals surface area contributed by atoms with Crippen LogP contribution in [0.15, 0.2) is 12.1 Å². The highest BCUT2D eigenvalue weighted by Crippen LogP contribution is 2.50. The number of rotatable bonds is 18. The molecule has 0 spiro atoms. The van der Waals surface area contributed by atoms with Gasteiger partial charge < -0.3 is 108 Å². The van der Waals surface area contributed by atoms with Crippen molar-refractivity contribution in [2.45, 2.75) is 254 Å². The van der Waals surface area contributed by atoms with E-state index in [1.54, 1.807) is 46.8 Å². The van der Waals surface area contributed by atoms with E-state index in [2.05, 4.69) is 0 Å². The molecule has 0 radical (unpaired) electrons. The van der Waals surface area contributed by atoms with Crippen LogP contribution in [0.2, 0.25) is 0 Å². The smallest absolute Gasteiger partial charge is 0.202 e. The van der Waals surface area contributed by atoms with Gasteiger partial charge >= 0.3 is 0 Å². The maximum atomic E-state index is 15.2. The molecule has 0 bridgehead atoms. The topological polar surface area (TPSA) is 347 Å². The molecule has 10 N–H and O–H groups in total. The van der Waals surface area contributed by atoms with E-state index in [0.29, 0.717) is 6.42 Å². The average molecular weight is 1130 g/mol. The Morgan fingerprint density at radius 3 is 1.65 bits per heavy atom. The fraction of sp³-hybridized carbons (Fsp3) is 0.782. The standard InChI is InChI=1S/C55H82O24/c1-11-20(2)41-32(75-36-15-30(57)45(60)22(4)70-36)14-28-12-27-13-29(54(69-10)52(67)44(59)21(3)56)55(51(66)43(27)50(65)42(28)49(41)64)79-40-18-34(48(63)25(7)73-40)76-38-17-33(47(62)24(6)72-38)77-39-19-35(53(68-9)26(8)74-39)78-37-16-31(58)46(61)23(5)71-37/h12,14,20-26,29-31,33-40,44-48,53-65H,11,13,15-19H2,1-10H3/t20-,21-,22+,23+,24+,25+,26+,29-,30+,31+,33+,34+,35+,36-,37-,38-,39-,40-,44+,45+,46+,47-,48+,53+,54-,55+/m0/s1. The molecular formula is C55H82O24. The minimum absolute atomic E-state index is 0.0208. The number of benzene rings is 2. The number of aliphatic hydroxyl groups is 8. The highest BCUT2D eigenvalue weighted by molar-refractivity contribution is 6.11. The van der Waals surface area contributed by atoms with Gasteiger partial charge in [-0.25, -0.2) is 0 Å². The number of carbonyl (C=O) groups excluding carboxylic acids is 2. The molecule has 5 heterocycles. The first-order valence-electron chi connectivity index (χ1n) is 27.5. The first kappa shape index (κ1) is 61.7. The molecule has 0 amide bonds. The Balaban J connectivity index is 1.04. The zero-order valence-corrected chi connectivity index (χ0v) is 46.3. The fourth-order valence-electron chi connectivity index (χ4n) is 12.0.